The van der Waals surface area contributed by atoms with Crippen LogP contribution in [-0.4, -0.2) is 39.3 Å². The Hall–Kier alpha value is -2.67. The van der Waals surface area contributed by atoms with Gasteiger partial charge in [-0.05, 0) is 42.7 Å². The Bertz CT molecular complexity index is 761. The minimum atomic E-state index is -1.81. The maximum absolute atomic E-state index is 12.4. The van der Waals surface area contributed by atoms with Gasteiger partial charge >= 0.3 is 5.97 Å². The van der Waals surface area contributed by atoms with Gasteiger partial charge in [0, 0.05) is 16.5 Å². The summed E-state index contributed by atoms with van der Waals surface area (Å²) in [6, 6.07) is 16.1. The number of carbonyl (C=O) groups excluding carboxylic acids is 1. The van der Waals surface area contributed by atoms with E-state index < -0.39 is 27.9 Å². The van der Waals surface area contributed by atoms with Crippen LogP contribution in [0.4, 0.5) is 5.69 Å². The molecule has 2 N–H and O–H groups in total. The molecule has 0 fully saturated rings. The van der Waals surface area contributed by atoms with Crippen LogP contribution in [0.15, 0.2) is 54.6 Å². The number of carbonyl (C=O) groups is 2. The molecule has 0 aliphatic carbocycles. The molecule has 26 heavy (non-hydrogen) atoms. The van der Waals surface area contributed by atoms with Crippen molar-refractivity contribution in [2.24, 2.45) is 0 Å². The molecule has 2 atom stereocenters. The molecule has 2 unspecified atom stereocenters. The standard InChI is InChI=1S/C19H21NO5S/c1-25-16-10-8-15(9-11-16)20-18(21)13-26(24)17(19(22)23)12-7-14-5-3-2-4-6-14/h2-6,8-11,17H,7,12-13H2,1H3,(H,20,21)(H,22,23). The van der Waals surface area contributed by atoms with Crippen molar-refractivity contribution in [2.45, 2.75) is 18.1 Å². The van der Waals surface area contributed by atoms with Crippen LogP contribution in [0.25, 0.3) is 0 Å². The van der Waals surface area contributed by atoms with Crippen LogP contribution >= 0.6 is 0 Å². The van der Waals surface area contributed by atoms with Gasteiger partial charge in [-0.2, -0.15) is 0 Å². The molecule has 0 heterocycles. The number of aryl methyl sites for hydroxylation is 1. The van der Waals surface area contributed by atoms with Gasteiger partial charge in [-0.15, -0.1) is 0 Å². The molecule has 0 aromatic heterocycles. The lowest BCUT2D eigenvalue weighted by Crippen LogP contribution is -2.32. The molecule has 0 bridgehead atoms. The van der Waals surface area contributed by atoms with E-state index in [4.69, 9.17) is 4.74 Å². The lowest BCUT2D eigenvalue weighted by molar-refractivity contribution is -0.136. The van der Waals surface area contributed by atoms with E-state index in [9.17, 15) is 18.9 Å². The minimum absolute atomic E-state index is 0.210. The number of hydrogen-bond donors (Lipinski definition) is 2. The Balaban J connectivity index is 1.91. The highest BCUT2D eigenvalue weighted by molar-refractivity contribution is 7.87. The Labute approximate surface area is 154 Å². The Morgan fingerprint density at radius 2 is 1.77 bits per heavy atom. The first-order valence-electron chi connectivity index (χ1n) is 8.07. The zero-order valence-electron chi connectivity index (χ0n) is 14.4. The van der Waals surface area contributed by atoms with Crippen LogP contribution in [0, 0.1) is 0 Å². The summed E-state index contributed by atoms with van der Waals surface area (Å²) in [6.45, 7) is 0. The Morgan fingerprint density at radius 3 is 2.35 bits per heavy atom. The number of hydrogen-bond acceptors (Lipinski definition) is 4. The van der Waals surface area contributed by atoms with Gasteiger partial charge in [0.05, 0.1) is 7.11 Å². The van der Waals surface area contributed by atoms with Gasteiger partial charge < -0.3 is 15.2 Å². The number of ether oxygens (including phenoxy) is 1. The fourth-order valence-electron chi connectivity index (χ4n) is 2.41. The summed E-state index contributed by atoms with van der Waals surface area (Å²) in [6.07, 6.45) is 0.700. The number of amides is 1. The average Bonchev–Trinajstić information content (AvgIpc) is 2.63. The first-order chi connectivity index (χ1) is 12.5. The van der Waals surface area contributed by atoms with Gasteiger partial charge in [0.25, 0.3) is 0 Å². The van der Waals surface area contributed by atoms with Crippen molar-refractivity contribution in [2.75, 3.05) is 18.2 Å². The van der Waals surface area contributed by atoms with Crippen molar-refractivity contribution < 1.29 is 23.6 Å². The highest BCUT2D eigenvalue weighted by Gasteiger charge is 2.26. The predicted octanol–water partition coefficient (Wildman–Crippen LogP) is 2.47. The summed E-state index contributed by atoms with van der Waals surface area (Å²) in [5.74, 6) is -1.35. The van der Waals surface area contributed by atoms with Gasteiger partial charge in [-0.3, -0.25) is 13.8 Å². The summed E-state index contributed by atoms with van der Waals surface area (Å²) < 4.78 is 17.4. The van der Waals surface area contributed by atoms with Crippen LogP contribution in [0.5, 0.6) is 5.75 Å². The molecule has 0 aliphatic rings. The second kappa shape index (κ2) is 9.72. The second-order valence-corrected chi connectivity index (χ2v) is 7.27. The maximum Gasteiger partial charge on any atom is 0.319 e. The number of nitrogens with one attached hydrogen (secondary N) is 1. The smallest absolute Gasteiger partial charge is 0.319 e. The first-order valence-corrected chi connectivity index (χ1v) is 9.45. The Kier molecular flexibility index (Phi) is 7.35. The summed E-state index contributed by atoms with van der Waals surface area (Å²) in [7, 11) is -0.268. The minimum Gasteiger partial charge on any atom is -0.497 e. The van der Waals surface area contributed by atoms with E-state index in [1.807, 2.05) is 30.3 Å². The largest absolute Gasteiger partial charge is 0.497 e. The second-order valence-electron chi connectivity index (χ2n) is 5.65. The molecule has 0 aliphatic heterocycles. The highest BCUT2D eigenvalue weighted by atomic mass is 32.2. The van der Waals surface area contributed by atoms with Crippen molar-refractivity contribution in [3.63, 3.8) is 0 Å². The van der Waals surface area contributed by atoms with Crippen LogP contribution in [0.2, 0.25) is 0 Å². The molecule has 2 aromatic carbocycles. The fraction of sp³-hybridized carbons (Fsp3) is 0.263. The van der Waals surface area contributed by atoms with E-state index in [-0.39, 0.29) is 12.2 Å². The van der Waals surface area contributed by atoms with E-state index in [1.54, 1.807) is 24.3 Å². The molecule has 7 heteroatoms. The maximum atomic E-state index is 12.4. The van der Waals surface area contributed by atoms with Crippen LogP contribution in [0.3, 0.4) is 0 Å². The SMILES string of the molecule is COc1ccc(NC(=O)CS(=O)C(CCc2ccccc2)C(=O)O)cc1. The zero-order chi connectivity index (χ0) is 18.9. The summed E-state index contributed by atoms with van der Waals surface area (Å²) >= 11 is 0. The third-order valence-electron chi connectivity index (χ3n) is 3.78. The summed E-state index contributed by atoms with van der Waals surface area (Å²) in [5.41, 5.74) is 1.50. The van der Waals surface area contributed by atoms with Gasteiger partial charge in [-0.1, -0.05) is 30.3 Å². The van der Waals surface area contributed by atoms with E-state index in [0.717, 1.165) is 5.56 Å². The molecule has 2 rings (SSSR count). The third kappa shape index (κ3) is 6.00. The van der Waals surface area contributed by atoms with Crippen molar-refractivity contribution in [3.8, 4) is 5.75 Å². The number of carboxylic acid groups (broad SMARTS) is 1. The molecule has 0 radical (unpaired) electrons. The predicted molar refractivity (Wildman–Crippen MR) is 101 cm³/mol. The molecule has 0 saturated heterocycles. The molecule has 2 aromatic rings. The van der Waals surface area contributed by atoms with E-state index in [2.05, 4.69) is 5.32 Å². The van der Waals surface area contributed by atoms with Crippen molar-refractivity contribution >= 4 is 28.4 Å². The van der Waals surface area contributed by atoms with Crippen LogP contribution in [0.1, 0.15) is 12.0 Å². The summed E-state index contributed by atoms with van der Waals surface area (Å²) in [5, 5.41) is 10.9. The first kappa shape index (κ1) is 19.7. The monoisotopic (exact) mass is 375 g/mol. The van der Waals surface area contributed by atoms with Crippen LogP contribution in [-0.2, 0) is 26.8 Å². The number of carboxylic acids is 1. The van der Waals surface area contributed by atoms with Gasteiger partial charge in [0.15, 0.2) is 0 Å². The number of methoxy groups -OCH3 is 1. The average molecular weight is 375 g/mol. The number of aliphatic carboxylic acids is 1. The van der Waals surface area contributed by atoms with E-state index in [1.165, 1.54) is 7.11 Å². The molecule has 138 valence electrons. The van der Waals surface area contributed by atoms with E-state index in [0.29, 0.717) is 17.9 Å². The number of rotatable bonds is 9. The topological polar surface area (TPSA) is 92.7 Å². The molecular formula is C19H21NO5S. The van der Waals surface area contributed by atoms with Crippen molar-refractivity contribution in [3.05, 3.63) is 60.2 Å². The van der Waals surface area contributed by atoms with Gasteiger partial charge in [0.1, 0.15) is 16.8 Å². The number of benzene rings is 2. The molecule has 6 nitrogen and oxygen atoms in total. The lowest BCUT2D eigenvalue weighted by atomic mass is 10.1. The van der Waals surface area contributed by atoms with Gasteiger partial charge in [-0.25, -0.2) is 0 Å². The quantitative estimate of drug-likeness (QED) is 0.702. The molecule has 1 amide bonds. The Morgan fingerprint density at radius 1 is 1.12 bits per heavy atom. The van der Waals surface area contributed by atoms with Crippen molar-refractivity contribution in [1.82, 2.24) is 0 Å². The lowest BCUT2D eigenvalue weighted by Gasteiger charge is -2.12. The third-order valence-corrected chi connectivity index (χ3v) is 5.40. The van der Waals surface area contributed by atoms with Gasteiger partial charge in [0.2, 0.25) is 5.91 Å². The molecular weight excluding hydrogens is 354 g/mol. The zero-order valence-corrected chi connectivity index (χ0v) is 15.2. The highest BCUT2D eigenvalue weighted by Crippen LogP contribution is 2.15. The summed E-state index contributed by atoms with van der Waals surface area (Å²) in [4.78, 5) is 23.5. The fourth-order valence-corrected chi connectivity index (χ4v) is 3.55. The molecule has 0 saturated carbocycles. The molecule has 0 spiro atoms. The van der Waals surface area contributed by atoms with Crippen molar-refractivity contribution in [1.29, 1.82) is 0 Å². The van der Waals surface area contributed by atoms with Crippen LogP contribution < -0.4 is 10.1 Å². The number of anilines is 1. The normalized spacial score (nSPS) is 12.8. The van der Waals surface area contributed by atoms with E-state index >= 15 is 0 Å².